The Labute approximate surface area is 158 Å². The quantitative estimate of drug-likeness (QED) is 0.708. The molecule has 7 heteroatoms. The van der Waals surface area contributed by atoms with Crippen molar-refractivity contribution in [3.05, 3.63) is 48.7 Å². The molecule has 0 atom stereocenters. The molecular weight excluding hydrogens is 342 g/mol. The lowest BCUT2D eigenvalue weighted by atomic mass is 10.1. The molecule has 1 aliphatic rings. The van der Waals surface area contributed by atoms with Gasteiger partial charge < -0.3 is 14.5 Å². The summed E-state index contributed by atoms with van der Waals surface area (Å²) in [7, 11) is 1.55. The number of rotatable bonds is 4. The van der Waals surface area contributed by atoms with Crippen LogP contribution in [0.4, 0.5) is 5.82 Å². The Kier molecular flexibility index (Phi) is 5.02. The summed E-state index contributed by atoms with van der Waals surface area (Å²) in [6.07, 6.45) is 2.67. The third-order valence-electron chi connectivity index (χ3n) is 4.85. The number of ether oxygens (including phenoxy) is 1. The Morgan fingerprint density at radius 2 is 1.96 bits per heavy atom. The van der Waals surface area contributed by atoms with Gasteiger partial charge in [0.05, 0.1) is 11.9 Å². The largest absolute Gasteiger partial charge is 0.375 e. The average molecular weight is 365 g/mol. The van der Waals surface area contributed by atoms with E-state index in [4.69, 9.17) is 9.72 Å². The summed E-state index contributed by atoms with van der Waals surface area (Å²) >= 11 is 0. The van der Waals surface area contributed by atoms with Gasteiger partial charge in [0, 0.05) is 51.0 Å². The van der Waals surface area contributed by atoms with Crippen LogP contribution in [-0.2, 0) is 9.53 Å². The second kappa shape index (κ2) is 7.75. The second-order valence-electron chi connectivity index (χ2n) is 6.62. The molecule has 140 valence electrons. The van der Waals surface area contributed by atoms with Crippen molar-refractivity contribution in [2.45, 2.75) is 6.42 Å². The fourth-order valence-corrected chi connectivity index (χ4v) is 3.49. The van der Waals surface area contributed by atoms with Gasteiger partial charge in [-0.15, -0.1) is 0 Å². The van der Waals surface area contributed by atoms with Crippen LogP contribution in [-0.4, -0.2) is 65.3 Å². The lowest BCUT2D eigenvalue weighted by Crippen LogP contribution is -2.37. The minimum atomic E-state index is 0.0447. The zero-order valence-corrected chi connectivity index (χ0v) is 15.4. The number of anilines is 1. The summed E-state index contributed by atoms with van der Waals surface area (Å²) in [5.41, 5.74) is 2.83. The molecule has 0 unspecified atom stereocenters. The van der Waals surface area contributed by atoms with E-state index < -0.39 is 0 Å². The van der Waals surface area contributed by atoms with Crippen molar-refractivity contribution in [1.82, 2.24) is 19.5 Å². The van der Waals surface area contributed by atoms with Gasteiger partial charge in [0.25, 0.3) is 0 Å². The first-order valence-corrected chi connectivity index (χ1v) is 9.18. The minimum absolute atomic E-state index is 0.0447. The number of carbonyl (C=O) groups is 1. The first kappa shape index (κ1) is 17.5. The summed E-state index contributed by atoms with van der Waals surface area (Å²) in [5, 5.41) is 4.45. The van der Waals surface area contributed by atoms with Crippen molar-refractivity contribution < 1.29 is 9.53 Å². The van der Waals surface area contributed by atoms with Crippen LogP contribution in [0.1, 0.15) is 6.42 Å². The maximum atomic E-state index is 12.2. The third kappa shape index (κ3) is 3.64. The SMILES string of the molecule is COCC(=O)N1CCCN(c2cc(-c3ccccc3)nc3ccnn23)CC1. The van der Waals surface area contributed by atoms with Gasteiger partial charge in [0.1, 0.15) is 12.4 Å². The summed E-state index contributed by atoms with van der Waals surface area (Å²) in [4.78, 5) is 21.1. The molecule has 3 aromatic rings. The summed E-state index contributed by atoms with van der Waals surface area (Å²) < 4.78 is 6.87. The molecule has 1 fully saturated rings. The molecule has 3 heterocycles. The van der Waals surface area contributed by atoms with E-state index >= 15 is 0 Å². The van der Waals surface area contributed by atoms with Gasteiger partial charge in [-0.05, 0) is 6.42 Å². The average Bonchev–Trinajstić information content (AvgIpc) is 3.04. The Bertz CT molecular complexity index is 925. The smallest absolute Gasteiger partial charge is 0.248 e. The van der Waals surface area contributed by atoms with Gasteiger partial charge >= 0.3 is 0 Å². The number of fused-ring (bicyclic) bond motifs is 1. The topological polar surface area (TPSA) is 63.0 Å². The molecule has 0 saturated carbocycles. The van der Waals surface area contributed by atoms with E-state index in [9.17, 15) is 4.79 Å². The van der Waals surface area contributed by atoms with E-state index in [2.05, 4.69) is 28.2 Å². The molecule has 0 spiro atoms. The maximum Gasteiger partial charge on any atom is 0.248 e. The van der Waals surface area contributed by atoms with Crippen LogP contribution < -0.4 is 4.90 Å². The van der Waals surface area contributed by atoms with E-state index in [0.717, 1.165) is 48.8 Å². The Hall–Kier alpha value is -2.93. The number of hydrogen-bond acceptors (Lipinski definition) is 5. The van der Waals surface area contributed by atoms with E-state index in [1.54, 1.807) is 13.3 Å². The Morgan fingerprint density at radius 3 is 2.78 bits per heavy atom. The summed E-state index contributed by atoms with van der Waals surface area (Å²) in [5.74, 6) is 1.05. The highest BCUT2D eigenvalue weighted by Crippen LogP contribution is 2.25. The van der Waals surface area contributed by atoms with Crippen LogP contribution in [0.15, 0.2) is 48.7 Å². The van der Waals surface area contributed by atoms with Gasteiger partial charge in [-0.1, -0.05) is 30.3 Å². The van der Waals surface area contributed by atoms with E-state index in [-0.39, 0.29) is 12.5 Å². The molecule has 0 N–H and O–H groups in total. The zero-order valence-electron chi connectivity index (χ0n) is 15.4. The lowest BCUT2D eigenvalue weighted by molar-refractivity contribution is -0.134. The second-order valence-corrected chi connectivity index (χ2v) is 6.62. The van der Waals surface area contributed by atoms with Crippen LogP contribution >= 0.6 is 0 Å². The van der Waals surface area contributed by atoms with Crippen molar-refractivity contribution >= 4 is 17.4 Å². The van der Waals surface area contributed by atoms with Crippen LogP contribution in [0.2, 0.25) is 0 Å². The molecule has 4 rings (SSSR count). The number of methoxy groups -OCH3 is 1. The number of amides is 1. The normalized spacial score (nSPS) is 15.1. The van der Waals surface area contributed by atoms with Crippen molar-refractivity contribution in [2.24, 2.45) is 0 Å². The van der Waals surface area contributed by atoms with Gasteiger partial charge in [-0.3, -0.25) is 4.79 Å². The molecule has 7 nitrogen and oxygen atoms in total. The van der Waals surface area contributed by atoms with Crippen molar-refractivity contribution in [1.29, 1.82) is 0 Å². The summed E-state index contributed by atoms with van der Waals surface area (Å²) in [6, 6.07) is 14.2. The number of nitrogens with zero attached hydrogens (tertiary/aromatic N) is 5. The molecule has 1 aromatic carbocycles. The number of hydrogen-bond donors (Lipinski definition) is 0. The van der Waals surface area contributed by atoms with E-state index in [1.807, 2.05) is 33.7 Å². The monoisotopic (exact) mass is 365 g/mol. The van der Waals surface area contributed by atoms with Gasteiger partial charge in [0.2, 0.25) is 5.91 Å². The van der Waals surface area contributed by atoms with Crippen molar-refractivity contribution in [3.63, 3.8) is 0 Å². The fraction of sp³-hybridized carbons (Fsp3) is 0.350. The standard InChI is InChI=1S/C20H23N5O2/c1-27-15-20(26)24-11-5-10-23(12-13-24)19-14-17(16-6-3-2-4-7-16)22-18-8-9-21-25(18)19/h2-4,6-9,14H,5,10-13,15H2,1H3. The molecule has 2 aromatic heterocycles. The first-order valence-electron chi connectivity index (χ1n) is 9.18. The zero-order chi connectivity index (χ0) is 18.6. The maximum absolute atomic E-state index is 12.2. The van der Waals surface area contributed by atoms with Crippen molar-refractivity contribution in [2.75, 3.05) is 44.8 Å². The number of carbonyl (C=O) groups excluding carboxylic acids is 1. The predicted molar refractivity (Wildman–Crippen MR) is 104 cm³/mol. The van der Waals surface area contributed by atoms with Gasteiger partial charge in [-0.2, -0.15) is 9.61 Å². The molecule has 27 heavy (non-hydrogen) atoms. The van der Waals surface area contributed by atoms with Crippen LogP contribution in [0.5, 0.6) is 0 Å². The fourth-order valence-electron chi connectivity index (χ4n) is 3.49. The van der Waals surface area contributed by atoms with Gasteiger partial charge in [0.15, 0.2) is 5.65 Å². The van der Waals surface area contributed by atoms with Crippen molar-refractivity contribution in [3.8, 4) is 11.3 Å². The molecular formula is C20H23N5O2. The molecule has 1 amide bonds. The van der Waals surface area contributed by atoms with E-state index in [1.165, 1.54) is 0 Å². The lowest BCUT2D eigenvalue weighted by Gasteiger charge is -2.24. The predicted octanol–water partition coefficient (Wildman–Crippen LogP) is 2.08. The van der Waals surface area contributed by atoms with E-state index in [0.29, 0.717) is 6.54 Å². The minimum Gasteiger partial charge on any atom is -0.375 e. The van der Waals surface area contributed by atoms with Crippen LogP contribution in [0.25, 0.3) is 16.9 Å². The highest BCUT2D eigenvalue weighted by Gasteiger charge is 2.21. The number of benzene rings is 1. The highest BCUT2D eigenvalue weighted by molar-refractivity contribution is 5.77. The van der Waals surface area contributed by atoms with Gasteiger partial charge in [-0.25, -0.2) is 4.98 Å². The first-order chi connectivity index (χ1) is 13.3. The Morgan fingerprint density at radius 1 is 1.11 bits per heavy atom. The molecule has 0 aliphatic carbocycles. The van der Waals surface area contributed by atoms with Crippen LogP contribution in [0, 0.1) is 0 Å². The highest BCUT2D eigenvalue weighted by atomic mass is 16.5. The molecule has 0 bridgehead atoms. The third-order valence-corrected chi connectivity index (χ3v) is 4.85. The number of aromatic nitrogens is 3. The van der Waals surface area contributed by atoms with Crippen LogP contribution in [0.3, 0.4) is 0 Å². The molecule has 1 aliphatic heterocycles. The Balaban J connectivity index is 1.65. The molecule has 1 saturated heterocycles. The summed E-state index contributed by atoms with van der Waals surface area (Å²) in [6.45, 7) is 3.18. The molecule has 0 radical (unpaired) electrons.